The van der Waals surface area contributed by atoms with Crippen LogP contribution in [-0.2, 0) is 0 Å². The quantitative estimate of drug-likeness (QED) is 0.514. The number of anilines is 1. The van der Waals surface area contributed by atoms with Crippen LogP contribution < -0.4 is 11.5 Å². The van der Waals surface area contributed by atoms with Gasteiger partial charge in [-0.3, -0.25) is 0 Å². The molecule has 1 aromatic rings. The van der Waals surface area contributed by atoms with E-state index in [0.29, 0.717) is 0 Å². The summed E-state index contributed by atoms with van der Waals surface area (Å²) in [5.41, 5.74) is 14.4. The molecule has 0 spiro atoms. The van der Waals surface area contributed by atoms with E-state index in [4.69, 9.17) is 11.5 Å². The minimum Gasteiger partial charge on any atom is -0.398 e. The predicted molar refractivity (Wildman–Crippen MR) is 52.7 cm³/mol. The lowest BCUT2D eigenvalue weighted by Gasteiger charge is -2.11. The summed E-state index contributed by atoms with van der Waals surface area (Å²) in [5, 5.41) is 0. The molecule has 0 saturated carbocycles. The van der Waals surface area contributed by atoms with Crippen LogP contribution in [0.3, 0.4) is 0 Å². The number of benzene rings is 1. The number of nitrogen functional groups attached to an aromatic ring is 1. The van der Waals surface area contributed by atoms with Crippen molar-refractivity contribution in [2.45, 2.75) is 13.0 Å². The summed E-state index contributed by atoms with van der Waals surface area (Å²) in [6, 6.07) is 5.68. The number of hydrogen-bond acceptors (Lipinski definition) is 2. The summed E-state index contributed by atoms with van der Waals surface area (Å²) >= 11 is 0. The predicted octanol–water partition coefficient (Wildman–Crippen LogP) is 1.76. The molecule has 12 heavy (non-hydrogen) atoms. The van der Waals surface area contributed by atoms with Crippen molar-refractivity contribution in [1.82, 2.24) is 0 Å². The Morgan fingerprint density at radius 2 is 2.17 bits per heavy atom. The summed E-state index contributed by atoms with van der Waals surface area (Å²) in [4.78, 5) is 0. The van der Waals surface area contributed by atoms with Gasteiger partial charge >= 0.3 is 0 Å². The first kappa shape index (κ1) is 8.81. The fraction of sp³-hybridized carbons (Fsp3) is 0.200. The number of para-hydroxylation sites is 1. The molecule has 0 fully saturated rings. The minimum atomic E-state index is -0.162. The van der Waals surface area contributed by atoms with Gasteiger partial charge in [0.05, 0.1) is 0 Å². The van der Waals surface area contributed by atoms with Crippen molar-refractivity contribution >= 4 is 5.69 Å². The van der Waals surface area contributed by atoms with Gasteiger partial charge in [-0.15, -0.1) is 6.58 Å². The number of nitrogens with two attached hydrogens (primary N) is 2. The third-order valence-electron chi connectivity index (χ3n) is 1.97. The van der Waals surface area contributed by atoms with Gasteiger partial charge in [0.1, 0.15) is 0 Å². The van der Waals surface area contributed by atoms with E-state index in [2.05, 4.69) is 6.58 Å². The summed E-state index contributed by atoms with van der Waals surface area (Å²) in [7, 11) is 0. The molecule has 64 valence electrons. The highest BCUT2D eigenvalue weighted by Gasteiger charge is 2.05. The average molecular weight is 162 g/mol. The molecule has 0 saturated heterocycles. The van der Waals surface area contributed by atoms with Gasteiger partial charge in [0.15, 0.2) is 0 Å². The minimum absolute atomic E-state index is 0.162. The molecule has 2 heteroatoms. The summed E-state index contributed by atoms with van der Waals surface area (Å²) in [6.45, 7) is 5.59. The maximum Gasteiger partial charge on any atom is 0.0499 e. The number of hydrogen-bond donors (Lipinski definition) is 2. The van der Waals surface area contributed by atoms with Gasteiger partial charge < -0.3 is 11.5 Å². The lowest BCUT2D eigenvalue weighted by atomic mass is 10.0. The second-order valence-electron chi connectivity index (χ2n) is 2.84. The highest BCUT2D eigenvalue weighted by molar-refractivity contribution is 5.55. The van der Waals surface area contributed by atoms with Crippen molar-refractivity contribution in [1.29, 1.82) is 0 Å². The standard InChI is InChI=1S/C10H14N2/c1-3-9(11)8-6-4-5-7(2)10(8)12/h3-6,9H,1,11-12H2,2H3. The van der Waals surface area contributed by atoms with Crippen LogP contribution in [0.2, 0.25) is 0 Å². The Hall–Kier alpha value is -1.28. The smallest absolute Gasteiger partial charge is 0.0499 e. The first-order chi connectivity index (χ1) is 5.66. The molecule has 1 rings (SSSR count). The van der Waals surface area contributed by atoms with Gasteiger partial charge in [-0.1, -0.05) is 24.3 Å². The van der Waals surface area contributed by atoms with Crippen LogP contribution in [-0.4, -0.2) is 0 Å². The second-order valence-corrected chi connectivity index (χ2v) is 2.84. The molecule has 0 aliphatic carbocycles. The molecule has 0 aromatic heterocycles. The van der Waals surface area contributed by atoms with Crippen LogP contribution >= 0.6 is 0 Å². The topological polar surface area (TPSA) is 52.0 Å². The van der Waals surface area contributed by atoms with Crippen LogP contribution in [0, 0.1) is 6.92 Å². The molecule has 0 aliphatic rings. The van der Waals surface area contributed by atoms with Gasteiger partial charge in [0.25, 0.3) is 0 Å². The van der Waals surface area contributed by atoms with E-state index in [9.17, 15) is 0 Å². The Kier molecular flexibility index (Phi) is 2.51. The van der Waals surface area contributed by atoms with E-state index in [1.807, 2.05) is 25.1 Å². The van der Waals surface area contributed by atoms with Crippen molar-refractivity contribution in [3.8, 4) is 0 Å². The van der Waals surface area contributed by atoms with Crippen LogP contribution in [0.15, 0.2) is 30.9 Å². The number of rotatable bonds is 2. The lowest BCUT2D eigenvalue weighted by Crippen LogP contribution is -2.09. The highest BCUT2D eigenvalue weighted by Crippen LogP contribution is 2.22. The summed E-state index contributed by atoms with van der Waals surface area (Å²) in [5.74, 6) is 0. The average Bonchev–Trinajstić information content (AvgIpc) is 2.08. The van der Waals surface area contributed by atoms with Gasteiger partial charge in [-0.2, -0.15) is 0 Å². The molecule has 0 bridgehead atoms. The van der Waals surface area contributed by atoms with Gasteiger partial charge in [0, 0.05) is 11.7 Å². The first-order valence-electron chi connectivity index (χ1n) is 3.90. The fourth-order valence-corrected chi connectivity index (χ4v) is 1.12. The van der Waals surface area contributed by atoms with E-state index >= 15 is 0 Å². The van der Waals surface area contributed by atoms with Crippen molar-refractivity contribution in [2.75, 3.05) is 5.73 Å². The Morgan fingerprint density at radius 1 is 1.50 bits per heavy atom. The monoisotopic (exact) mass is 162 g/mol. The molecule has 4 N–H and O–H groups in total. The Bertz CT molecular complexity index is 292. The molecule has 1 atom stereocenters. The summed E-state index contributed by atoms with van der Waals surface area (Å²) in [6.07, 6.45) is 1.69. The molecular formula is C10H14N2. The van der Waals surface area contributed by atoms with Crippen LogP contribution in [0.25, 0.3) is 0 Å². The van der Waals surface area contributed by atoms with Gasteiger partial charge in [-0.25, -0.2) is 0 Å². The zero-order valence-electron chi connectivity index (χ0n) is 7.25. The van der Waals surface area contributed by atoms with Crippen LogP contribution in [0.4, 0.5) is 5.69 Å². The Balaban J connectivity index is 3.15. The molecule has 0 heterocycles. The van der Waals surface area contributed by atoms with Gasteiger partial charge in [0.2, 0.25) is 0 Å². The lowest BCUT2D eigenvalue weighted by molar-refractivity contribution is 0.916. The van der Waals surface area contributed by atoms with Crippen LogP contribution in [0.5, 0.6) is 0 Å². The molecule has 2 nitrogen and oxygen atoms in total. The maximum atomic E-state index is 5.83. The largest absolute Gasteiger partial charge is 0.398 e. The molecule has 0 amide bonds. The molecule has 0 aliphatic heterocycles. The normalized spacial score (nSPS) is 12.5. The first-order valence-corrected chi connectivity index (χ1v) is 3.90. The molecule has 1 unspecified atom stereocenters. The highest BCUT2D eigenvalue weighted by atomic mass is 14.7. The zero-order chi connectivity index (χ0) is 9.14. The zero-order valence-corrected chi connectivity index (χ0v) is 7.25. The van der Waals surface area contributed by atoms with E-state index in [1.54, 1.807) is 6.08 Å². The summed E-state index contributed by atoms with van der Waals surface area (Å²) < 4.78 is 0. The van der Waals surface area contributed by atoms with E-state index in [0.717, 1.165) is 16.8 Å². The van der Waals surface area contributed by atoms with Crippen LogP contribution in [0.1, 0.15) is 17.2 Å². The van der Waals surface area contributed by atoms with E-state index in [-0.39, 0.29) is 6.04 Å². The Morgan fingerprint density at radius 3 is 2.75 bits per heavy atom. The van der Waals surface area contributed by atoms with Crippen molar-refractivity contribution in [2.24, 2.45) is 5.73 Å². The van der Waals surface area contributed by atoms with Crippen molar-refractivity contribution < 1.29 is 0 Å². The fourth-order valence-electron chi connectivity index (χ4n) is 1.12. The third kappa shape index (κ3) is 1.48. The van der Waals surface area contributed by atoms with E-state index in [1.165, 1.54) is 0 Å². The molecular weight excluding hydrogens is 148 g/mol. The van der Waals surface area contributed by atoms with Gasteiger partial charge in [-0.05, 0) is 18.1 Å². The molecule has 1 aromatic carbocycles. The van der Waals surface area contributed by atoms with Crippen molar-refractivity contribution in [3.05, 3.63) is 42.0 Å². The third-order valence-corrected chi connectivity index (χ3v) is 1.97. The Labute approximate surface area is 72.9 Å². The second kappa shape index (κ2) is 3.41. The number of aryl methyl sites for hydroxylation is 1. The SMILES string of the molecule is C=CC(N)c1cccc(C)c1N. The molecule has 0 radical (unpaired) electrons. The van der Waals surface area contributed by atoms with Crippen molar-refractivity contribution in [3.63, 3.8) is 0 Å². The maximum absolute atomic E-state index is 5.83. The van der Waals surface area contributed by atoms with E-state index < -0.39 is 0 Å².